The average molecular weight is 231 g/mol. The van der Waals surface area contributed by atoms with Gasteiger partial charge in [0, 0.05) is 6.26 Å². The number of hydrogen-bond donors (Lipinski definition) is 2. The van der Waals surface area contributed by atoms with Crippen LogP contribution in [0.15, 0.2) is 11.1 Å². The first-order valence-electron chi connectivity index (χ1n) is 3.84. The predicted octanol–water partition coefficient (Wildman–Crippen LogP) is -0.911. The highest BCUT2D eigenvalue weighted by Gasteiger charge is 2.14. The van der Waals surface area contributed by atoms with Gasteiger partial charge in [-0.2, -0.15) is 0 Å². The normalized spacial score (nSPS) is 11.3. The van der Waals surface area contributed by atoms with Crippen LogP contribution in [-0.2, 0) is 21.1 Å². The molecule has 7 nitrogen and oxygen atoms in total. The number of aromatic nitrogens is 2. The molecule has 82 valence electrons. The maximum atomic E-state index is 11.1. The quantitative estimate of drug-likeness (QED) is 0.690. The minimum absolute atomic E-state index is 0.0209. The Kier molecular flexibility index (Phi) is 2.89. The average Bonchev–Trinajstić information content (AvgIpc) is 1.99. The van der Waals surface area contributed by atoms with Crippen molar-refractivity contribution >= 4 is 21.6 Å². The van der Waals surface area contributed by atoms with Gasteiger partial charge in [0.1, 0.15) is 23.0 Å². The van der Waals surface area contributed by atoms with E-state index in [1.54, 1.807) is 0 Å². The van der Waals surface area contributed by atoms with Crippen LogP contribution in [0.3, 0.4) is 0 Å². The smallest absolute Gasteiger partial charge is 0.311 e. The summed E-state index contributed by atoms with van der Waals surface area (Å²) in [7, 11) is -3.48. The monoisotopic (exact) mass is 231 g/mol. The summed E-state index contributed by atoms with van der Waals surface area (Å²) in [5.74, 6) is -1.36. The number of carboxylic acids is 1. The summed E-state index contributed by atoms with van der Waals surface area (Å²) in [5, 5.41) is 8.45. The zero-order chi connectivity index (χ0) is 11.6. The van der Waals surface area contributed by atoms with Crippen LogP contribution in [0.4, 0.5) is 5.82 Å². The summed E-state index contributed by atoms with van der Waals surface area (Å²) in [4.78, 5) is 17.3. The summed E-state index contributed by atoms with van der Waals surface area (Å²) in [5.41, 5.74) is 5.36. The second-order valence-corrected chi connectivity index (χ2v) is 4.86. The molecule has 0 radical (unpaired) electrons. The van der Waals surface area contributed by atoms with E-state index in [4.69, 9.17) is 10.8 Å². The molecule has 0 aromatic carbocycles. The molecular weight excluding hydrogens is 222 g/mol. The van der Waals surface area contributed by atoms with E-state index in [-0.39, 0.29) is 16.5 Å². The van der Waals surface area contributed by atoms with Gasteiger partial charge in [0.2, 0.25) is 0 Å². The Morgan fingerprint density at radius 1 is 1.60 bits per heavy atom. The van der Waals surface area contributed by atoms with Crippen LogP contribution in [-0.4, -0.2) is 35.7 Å². The molecule has 0 aliphatic rings. The van der Waals surface area contributed by atoms with E-state index < -0.39 is 22.2 Å². The lowest BCUT2D eigenvalue weighted by atomic mass is 10.4. The highest BCUT2D eigenvalue weighted by Crippen LogP contribution is 2.14. The number of nitrogens with two attached hydrogens (primary N) is 1. The zero-order valence-corrected chi connectivity index (χ0v) is 8.65. The molecular formula is C7H9N3O4S. The lowest BCUT2D eigenvalue weighted by molar-refractivity contribution is -0.136. The summed E-state index contributed by atoms with van der Waals surface area (Å²) in [6.07, 6.45) is 1.59. The van der Waals surface area contributed by atoms with Crippen LogP contribution >= 0.6 is 0 Å². The number of sulfone groups is 1. The number of carbonyl (C=O) groups is 1. The Morgan fingerprint density at radius 3 is 2.60 bits per heavy atom. The van der Waals surface area contributed by atoms with Gasteiger partial charge in [-0.3, -0.25) is 4.79 Å². The Hall–Kier alpha value is -1.70. The van der Waals surface area contributed by atoms with Crippen molar-refractivity contribution in [2.24, 2.45) is 0 Å². The summed E-state index contributed by atoms with van der Waals surface area (Å²) >= 11 is 0. The molecule has 3 N–H and O–H groups in total. The Labute approximate surface area is 85.9 Å². The van der Waals surface area contributed by atoms with Gasteiger partial charge in [-0.1, -0.05) is 0 Å². The van der Waals surface area contributed by atoms with Gasteiger partial charge in [0.25, 0.3) is 0 Å². The Balaban J connectivity index is 3.15. The second kappa shape index (κ2) is 3.81. The van der Waals surface area contributed by atoms with E-state index in [1.165, 1.54) is 0 Å². The van der Waals surface area contributed by atoms with Crippen molar-refractivity contribution in [3.05, 3.63) is 12.0 Å². The summed E-state index contributed by atoms with van der Waals surface area (Å²) < 4.78 is 22.2. The number of rotatable bonds is 3. The first-order valence-corrected chi connectivity index (χ1v) is 5.73. The van der Waals surface area contributed by atoms with Gasteiger partial charge in [-0.25, -0.2) is 18.4 Å². The number of nitrogen functional groups attached to an aromatic ring is 1. The second-order valence-electron chi connectivity index (χ2n) is 2.88. The number of anilines is 1. The number of hydrogen-bond acceptors (Lipinski definition) is 6. The lowest BCUT2D eigenvalue weighted by Gasteiger charge is -2.02. The van der Waals surface area contributed by atoms with Crippen molar-refractivity contribution in [3.8, 4) is 0 Å². The molecule has 0 saturated heterocycles. The zero-order valence-electron chi connectivity index (χ0n) is 7.84. The lowest BCUT2D eigenvalue weighted by Crippen LogP contribution is -2.10. The first-order chi connectivity index (χ1) is 6.80. The van der Waals surface area contributed by atoms with Crippen molar-refractivity contribution in [1.82, 2.24) is 9.97 Å². The molecule has 0 amide bonds. The summed E-state index contributed by atoms with van der Waals surface area (Å²) in [6.45, 7) is 0. The third-order valence-corrected chi connectivity index (χ3v) is 2.66. The van der Waals surface area contributed by atoms with E-state index in [0.29, 0.717) is 0 Å². The first kappa shape index (κ1) is 11.4. The van der Waals surface area contributed by atoms with E-state index in [0.717, 1.165) is 12.5 Å². The van der Waals surface area contributed by atoms with Gasteiger partial charge in [0.15, 0.2) is 9.84 Å². The topological polar surface area (TPSA) is 123 Å². The molecule has 0 saturated carbocycles. The van der Waals surface area contributed by atoms with Crippen LogP contribution in [0.2, 0.25) is 0 Å². The maximum absolute atomic E-state index is 11.1. The molecule has 1 aromatic rings. The van der Waals surface area contributed by atoms with E-state index in [1.807, 2.05) is 0 Å². The van der Waals surface area contributed by atoms with E-state index in [9.17, 15) is 13.2 Å². The predicted molar refractivity (Wildman–Crippen MR) is 50.9 cm³/mol. The van der Waals surface area contributed by atoms with Gasteiger partial charge in [0.05, 0.1) is 6.20 Å². The Bertz CT molecular complexity index is 497. The molecule has 1 heterocycles. The molecule has 1 rings (SSSR count). The van der Waals surface area contributed by atoms with Crippen LogP contribution in [0.5, 0.6) is 0 Å². The standard InChI is InChI=1S/C7H9N3O4S/c1-15(13,14)4-3-9-5(2-6(11)12)10-7(4)8/h3H,2H2,1H3,(H,11,12)(H2,8,9,10). The van der Waals surface area contributed by atoms with Gasteiger partial charge < -0.3 is 10.8 Å². The minimum Gasteiger partial charge on any atom is -0.481 e. The third kappa shape index (κ3) is 2.88. The largest absolute Gasteiger partial charge is 0.481 e. The van der Waals surface area contributed by atoms with Gasteiger partial charge in [-0.15, -0.1) is 0 Å². The molecule has 15 heavy (non-hydrogen) atoms. The van der Waals surface area contributed by atoms with Crippen molar-refractivity contribution in [3.63, 3.8) is 0 Å². The summed E-state index contributed by atoms with van der Waals surface area (Å²) in [6, 6.07) is 0. The number of aliphatic carboxylic acids is 1. The number of nitrogens with zero attached hydrogens (tertiary/aromatic N) is 2. The van der Waals surface area contributed by atoms with Crippen molar-refractivity contribution < 1.29 is 18.3 Å². The fourth-order valence-electron chi connectivity index (χ4n) is 0.928. The molecule has 0 atom stereocenters. The van der Waals surface area contributed by atoms with Crippen molar-refractivity contribution in [2.45, 2.75) is 11.3 Å². The van der Waals surface area contributed by atoms with E-state index in [2.05, 4.69) is 9.97 Å². The minimum atomic E-state index is -3.48. The fourth-order valence-corrected chi connectivity index (χ4v) is 1.60. The highest BCUT2D eigenvalue weighted by molar-refractivity contribution is 7.90. The Morgan fingerprint density at radius 2 is 2.20 bits per heavy atom. The van der Waals surface area contributed by atoms with Crippen LogP contribution in [0, 0.1) is 0 Å². The molecule has 0 aliphatic heterocycles. The fraction of sp³-hybridized carbons (Fsp3) is 0.286. The van der Waals surface area contributed by atoms with Crippen molar-refractivity contribution in [1.29, 1.82) is 0 Å². The molecule has 0 unspecified atom stereocenters. The van der Waals surface area contributed by atoms with Gasteiger partial charge in [-0.05, 0) is 0 Å². The highest BCUT2D eigenvalue weighted by atomic mass is 32.2. The molecule has 1 aromatic heterocycles. The third-order valence-electron chi connectivity index (χ3n) is 1.54. The van der Waals surface area contributed by atoms with Crippen molar-refractivity contribution in [2.75, 3.05) is 12.0 Å². The molecule has 0 fully saturated rings. The SMILES string of the molecule is CS(=O)(=O)c1cnc(CC(=O)O)nc1N. The van der Waals surface area contributed by atoms with E-state index >= 15 is 0 Å². The van der Waals surface area contributed by atoms with Crippen LogP contribution in [0.1, 0.15) is 5.82 Å². The number of carboxylic acid groups (broad SMARTS) is 1. The molecule has 8 heteroatoms. The van der Waals surface area contributed by atoms with Gasteiger partial charge >= 0.3 is 5.97 Å². The van der Waals surface area contributed by atoms with Crippen LogP contribution in [0.25, 0.3) is 0 Å². The van der Waals surface area contributed by atoms with Crippen LogP contribution < -0.4 is 5.73 Å². The molecule has 0 aliphatic carbocycles. The maximum Gasteiger partial charge on any atom is 0.311 e. The molecule has 0 spiro atoms. The molecule has 0 bridgehead atoms.